The van der Waals surface area contributed by atoms with Crippen molar-refractivity contribution < 1.29 is 4.79 Å². The van der Waals surface area contributed by atoms with E-state index >= 15 is 0 Å². The topological polar surface area (TPSA) is 54.0 Å². The van der Waals surface area contributed by atoms with Crippen molar-refractivity contribution in [3.8, 4) is 0 Å². The molecule has 94 valence electrons. The van der Waals surface area contributed by atoms with E-state index in [-0.39, 0.29) is 11.9 Å². The lowest BCUT2D eigenvalue weighted by Gasteiger charge is -2.23. The van der Waals surface area contributed by atoms with Gasteiger partial charge in [0, 0.05) is 12.6 Å². The Bertz CT molecular complexity index is 372. The molecule has 0 aromatic carbocycles. The van der Waals surface area contributed by atoms with E-state index in [0.717, 1.165) is 48.7 Å². The van der Waals surface area contributed by atoms with E-state index in [4.69, 9.17) is 0 Å². The molecule has 0 spiro atoms. The fourth-order valence-corrected chi connectivity index (χ4v) is 2.90. The molecule has 1 aliphatic heterocycles. The number of hydrogen-bond donors (Lipinski definition) is 2. The minimum atomic E-state index is 0.0264. The summed E-state index contributed by atoms with van der Waals surface area (Å²) in [5.41, 5.74) is 0. The number of nitrogens with zero attached hydrogens (tertiary/aromatic N) is 1. The van der Waals surface area contributed by atoms with Crippen LogP contribution in [0.2, 0.25) is 0 Å². The normalized spacial score (nSPS) is 20.2. The van der Waals surface area contributed by atoms with Gasteiger partial charge in [-0.2, -0.15) is 0 Å². The van der Waals surface area contributed by atoms with Crippen LogP contribution in [-0.4, -0.2) is 30.0 Å². The molecule has 0 saturated carbocycles. The Hall–Kier alpha value is -0.940. The quantitative estimate of drug-likeness (QED) is 0.856. The predicted molar refractivity (Wildman–Crippen MR) is 69.5 cm³/mol. The minimum absolute atomic E-state index is 0.0264. The zero-order chi connectivity index (χ0) is 12.1. The molecule has 1 fully saturated rings. The van der Waals surface area contributed by atoms with E-state index in [0.29, 0.717) is 0 Å². The van der Waals surface area contributed by atoms with Gasteiger partial charge in [-0.25, -0.2) is 4.98 Å². The van der Waals surface area contributed by atoms with Crippen LogP contribution < -0.4 is 10.6 Å². The second-order valence-electron chi connectivity index (χ2n) is 4.38. The molecule has 5 heteroatoms. The molecule has 1 atom stereocenters. The van der Waals surface area contributed by atoms with E-state index in [9.17, 15) is 4.79 Å². The molecule has 0 bridgehead atoms. The third-order valence-corrected chi connectivity index (χ3v) is 3.93. The van der Waals surface area contributed by atoms with E-state index < -0.39 is 0 Å². The summed E-state index contributed by atoms with van der Waals surface area (Å²) in [6.45, 7) is 4.06. The molecule has 17 heavy (non-hydrogen) atoms. The van der Waals surface area contributed by atoms with Crippen molar-refractivity contribution in [2.75, 3.05) is 13.1 Å². The van der Waals surface area contributed by atoms with Crippen molar-refractivity contribution >= 4 is 17.2 Å². The number of carbonyl (C=O) groups excluding carboxylic acids is 1. The zero-order valence-electron chi connectivity index (χ0n) is 10.2. The molecule has 0 aliphatic carbocycles. The highest BCUT2D eigenvalue weighted by Crippen LogP contribution is 2.15. The lowest BCUT2D eigenvalue weighted by molar-refractivity contribution is 0.0934. The fourth-order valence-electron chi connectivity index (χ4n) is 1.98. The van der Waals surface area contributed by atoms with Crippen molar-refractivity contribution in [1.82, 2.24) is 15.6 Å². The maximum atomic E-state index is 12.0. The first-order valence-electron chi connectivity index (χ1n) is 6.26. The molecule has 0 unspecified atom stereocenters. The van der Waals surface area contributed by atoms with Crippen LogP contribution in [0.15, 0.2) is 6.20 Å². The molecular formula is C12H19N3OS. The number of rotatable bonds is 4. The van der Waals surface area contributed by atoms with Gasteiger partial charge in [0.1, 0.15) is 4.88 Å². The fraction of sp³-hybridized carbons (Fsp3) is 0.667. The summed E-state index contributed by atoms with van der Waals surface area (Å²) >= 11 is 1.51. The summed E-state index contributed by atoms with van der Waals surface area (Å²) in [6, 6.07) is 0.271. The molecule has 1 amide bonds. The highest BCUT2D eigenvalue weighted by Gasteiger charge is 2.17. The second-order valence-corrected chi connectivity index (χ2v) is 5.50. The number of aromatic nitrogens is 1. The Morgan fingerprint density at radius 1 is 1.71 bits per heavy atom. The lowest BCUT2D eigenvalue weighted by Crippen LogP contribution is -2.45. The smallest absolute Gasteiger partial charge is 0.263 e. The van der Waals surface area contributed by atoms with Crippen molar-refractivity contribution in [3.05, 3.63) is 16.1 Å². The van der Waals surface area contributed by atoms with Gasteiger partial charge < -0.3 is 10.6 Å². The number of carbonyl (C=O) groups is 1. The molecule has 4 nitrogen and oxygen atoms in total. The lowest BCUT2D eigenvalue weighted by atomic mass is 10.1. The zero-order valence-corrected chi connectivity index (χ0v) is 11.0. The van der Waals surface area contributed by atoms with Gasteiger partial charge in [0.05, 0.1) is 11.2 Å². The molecule has 1 aromatic rings. The van der Waals surface area contributed by atoms with Gasteiger partial charge >= 0.3 is 0 Å². The Morgan fingerprint density at radius 2 is 2.59 bits per heavy atom. The number of thiazole rings is 1. The van der Waals surface area contributed by atoms with Crippen LogP contribution in [0.5, 0.6) is 0 Å². The van der Waals surface area contributed by atoms with Crippen molar-refractivity contribution in [3.63, 3.8) is 0 Å². The van der Waals surface area contributed by atoms with Crippen LogP contribution in [0.25, 0.3) is 0 Å². The SMILES string of the molecule is CCCc1ncc(C(=O)N[C@H]2CCCNC2)s1. The van der Waals surface area contributed by atoms with Crippen LogP contribution in [0.1, 0.15) is 40.9 Å². The summed E-state index contributed by atoms with van der Waals surface area (Å²) in [7, 11) is 0. The predicted octanol–water partition coefficient (Wildman–Crippen LogP) is 1.58. The Labute approximate surface area is 106 Å². The van der Waals surface area contributed by atoms with Gasteiger partial charge in [-0.05, 0) is 32.2 Å². The van der Waals surface area contributed by atoms with Gasteiger partial charge in [0.25, 0.3) is 5.91 Å². The van der Waals surface area contributed by atoms with Crippen molar-refractivity contribution in [1.29, 1.82) is 0 Å². The third-order valence-electron chi connectivity index (χ3n) is 2.87. The first kappa shape index (κ1) is 12.5. The Kier molecular flexibility index (Phi) is 4.50. The standard InChI is InChI=1S/C12H19N3OS/c1-2-4-11-14-8-10(17-11)12(16)15-9-5-3-6-13-7-9/h8-9,13H,2-7H2,1H3,(H,15,16)/t9-/m0/s1. The summed E-state index contributed by atoms with van der Waals surface area (Å²) in [5.74, 6) is 0.0264. The van der Waals surface area contributed by atoms with Gasteiger partial charge in [0.15, 0.2) is 0 Å². The number of aryl methyl sites for hydroxylation is 1. The molecule has 0 radical (unpaired) electrons. The molecule has 1 aromatic heterocycles. The maximum absolute atomic E-state index is 12.0. The number of amides is 1. The third kappa shape index (κ3) is 3.51. The van der Waals surface area contributed by atoms with Gasteiger partial charge in [-0.3, -0.25) is 4.79 Å². The molecular weight excluding hydrogens is 234 g/mol. The molecule has 2 heterocycles. The molecule has 1 aliphatic rings. The first-order chi connectivity index (χ1) is 8.29. The largest absolute Gasteiger partial charge is 0.347 e. The highest BCUT2D eigenvalue weighted by molar-refractivity contribution is 7.13. The first-order valence-corrected chi connectivity index (χ1v) is 7.07. The summed E-state index contributed by atoms with van der Waals surface area (Å²) in [4.78, 5) is 17.0. The van der Waals surface area contributed by atoms with Crippen molar-refractivity contribution in [2.45, 2.75) is 38.6 Å². The van der Waals surface area contributed by atoms with Gasteiger partial charge in [-0.1, -0.05) is 6.92 Å². The summed E-state index contributed by atoms with van der Waals surface area (Å²) in [5, 5.41) is 7.40. The average Bonchev–Trinajstić information content (AvgIpc) is 2.79. The summed E-state index contributed by atoms with van der Waals surface area (Å²) < 4.78 is 0. The van der Waals surface area contributed by atoms with Crippen LogP contribution in [0, 0.1) is 0 Å². The number of hydrogen-bond acceptors (Lipinski definition) is 4. The highest BCUT2D eigenvalue weighted by atomic mass is 32.1. The summed E-state index contributed by atoms with van der Waals surface area (Å²) in [6.07, 6.45) is 5.93. The van der Waals surface area contributed by atoms with Crippen molar-refractivity contribution in [2.24, 2.45) is 0 Å². The monoisotopic (exact) mass is 253 g/mol. The van der Waals surface area contributed by atoms with E-state index in [2.05, 4.69) is 22.5 Å². The number of piperidine rings is 1. The van der Waals surface area contributed by atoms with Crippen LogP contribution in [0.4, 0.5) is 0 Å². The Morgan fingerprint density at radius 3 is 3.29 bits per heavy atom. The van der Waals surface area contributed by atoms with E-state index in [1.807, 2.05) is 0 Å². The molecule has 2 N–H and O–H groups in total. The molecule has 1 saturated heterocycles. The second kappa shape index (κ2) is 6.12. The van der Waals surface area contributed by atoms with Crippen LogP contribution in [-0.2, 0) is 6.42 Å². The average molecular weight is 253 g/mol. The van der Waals surface area contributed by atoms with E-state index in [1.54, 1.807) is 6.20 Å². The van der Waals surface area contributed by atoms with Gasteiger partial charge in [-0.15, -0.1) is 11.3 Å². The number of nitrogens with one attached hydrogen (secondary N) is 2. The molecule has 2 rings (SSSR count). The van der Waals surface area contributed by atoms with E-state index in [1.165, 1.54) is 11.3 Å². The van der Waals surface area contributed by atoms with Crippen LogP contribution in [0.3, 0.4) is 0 Å². The maximum Gasteiger partial charge on any atom is 0.263 e. The minimum Gasteiger partial charge on any atom is -0.347 e. The van der Waals surface area contributed by atoms with Crippen LogP contribution >= 0.6 is 11.3 Å². The van der Waals surface area contributed by atoms with Gasteiger partial charge in [0.2, 0.25) is 0 Å². The Balaban J connectivity index is 1.89.